The number of carbonyl (C=O) groups is 2. The molecular formula is C18H15BrN2O2S. The van der Waals surface area contributed by atoms with Gasteiger partial charge >= 0.3 is 0 Å². The van der Waals surface area contributed by atoms with E-state index >= 15 is 0 Å². The summed E-state index contributed by atoms with van der Waals surface area (Å²) in [5.41, 5.74) is 2.91. The van der Waals surface area contributed by atoms with E-state index in [2.05, 4.69) is 21.2 Å². The van der Waals surface area contributed by atoms with Gasteiger partial charge in [0.05, 0.1) is 11.6 Å². The van der Waals surface area contributed by atoms with Gasteiger partial charge in [-0.2, -0.15) is 0 Å². The number of benzene rings is 2. The molecule has 1 aliphatic rings. The van der Waals surface area contributed by atoms with Gasteiger partial charge < -0.3 is 5.32 Å². The topological polar surface area (TPSA) is 49.4 Å². The van der Waals surface area contributed by atoms with Crippen LogP contribution >= 0.6 is 27.7 Å². The van der Waals surface area contributed by atoms with Crippen molar-refractivity contribution in [3.05, 3.63) is 69.0 Å². The van der Waals surface area contributed by atoms with Crippen LogP contribution in [-0.2, 0) is 4.79 Å². The number of nitrogens with zero attached hydrogens (tertiary/aromatic N) is 1. The van der Waals surface area contributed by atoms with Crippen LogP contribution in [0.5, 0.6) is 0 Å². The average Bonchev–Trinajstić information content (AvgIpc) is 2.83. The molecule has 1 fully saturated rings. The zero-order valence-electron chi connectivity index (χ0n) is 13.0. The number of thioether (sulfide) groups is 1. The highest BCUT2D eigenvalue weighted by Gasteiger charge is 2.34. The lowest BCUT2D eigenvalue weighted by Crippen LogP contribution is -2.33. The number of imide groups is 1. The molecule has 3 rings (SSSR count). The van der Waals surface area contributed by atoms with E-state index in [4.69, 9.17) is 0 Å². The highest BCUT2D eigenvalue weighted by atomic mass is 79.9. The van der Waals surface area contributed by atoms with Crippen LogP contribution in [0.2, 0.25) is 0 Å². The molecule has 0 saturated carbocycles. The third kappa shape index (κ3) is 3.88. The Labute approximate surface area is 153 Å². The second kappa shape index (κ2) is 7.23. The second-order valence-electron chi connectivity index (χ2n) is 5.36. The highest BCUT2D eigenvalue weighted by molar-refractivity contribution is 9.10. The second-order valence-corrected chi connectivity index (χ2v) is 7.27. The van der Waals surface area contributed by atoms with Crippen LogP contribution in [0.15, 0.2) is 57.9 Å². The molecular weight excluding hydrogens is 388 g/mol. The van der Waals surface area contributed by atoms with Gasteiger partial charge in [-0.25, -0.2) is 0 Å². The minimum Gasteiger partial charge on any atom is -0.367 e. The lowest BCUT2D eigenvalue weighted by atomic mass is 10.1. The van der Waals surface area contributed by atoms with E-state index in [0.717, 1.165) is 33.0 Å². The average molecular weight is 403 g/mol. The third-order valence-electron chi connectivity index (χ3n) is 3.53. The first-order chi connectivity index (χ1) is 11.5. The standard InChI is InChI=1S/C18H15BrN2O2S/c1-12-2-4-13(5-3-12)10-16-17(22)21(18(23)24-16)11-20-15-8-6-14(19)7-9-15/h2-10,20H,11H2,1H3/b16-10+. The number of anilines is 1. The Morgan fingerprint density at radius 3 is 2.42 bits per heavy atom. The summed E-state index contributed by atoms with van der Waals surface area (Å²) in [5.74, 6) is -0.268. The van der Waals surface area contributed by atoms with E-state index in [1.807, 2.05) is 55.5 Å². The zero-order valence-corrected chi connectivity index (χ0v) is 15.4. The molecule has 4 nitrogen and oxygen atoms in total. The molecule has 0 aromatic heterocycles. The summed E-state index contributed by atoms with van der Waals surface area (Å²) < 4.78 is 0.972. The number of hydrogen-bond acceptors (Lipinski definition) is 4. The van der Waals surface area contributed by atoms with Crippen molar-refractivity contribution in [1.29, 1.82) is 0 Å². The number of hydrogen-bond donors (Lipinski definition) is 1. The molecule has 0 radical (unpaired) electrons. The Kier molecular flexibility index (Phi) is 5.06. The van der Waals surface area contributed by atoms with Gasteiger partial charge in [0.15, 0.2) is 0 Å². The van der Waals surface area contributed by atoms with Gasteiger partial charge in [-0.1, -0.05) is 45.8 Å². The van der Waals surface area contributed by atoms with Crippen LogP contribution in [-0.4, -0.2) is 22.7 Å². The number of carbonyl (C=O) groups excluding carboxylic acids is 2. The van der Waals surface area contributed by atoms with Crippen molar-refractivity contribution in [3.8, 4) is 0 Å². The van der Waals surface area contributed by atoms with Gasteiger partial charge in [-0.05, 0) is 54.6 Å². The highest BCUT2D eigenvalue weighted by Crippen LogP contribution is 2.32. The first kappa shape index (κ1) is 16.8. The molecule has 0 unspecified atom stereocenters. The van der Waals surface area contributed by atoms with Crippen LogP contribution in [0, 0.1) is 6.92 Å². The van der Waals surface area contributed by atoms with Crippen molar-refractivity contribution in [1.82, 2.24) is 4.90 Å². The van der Waals surface area contributed by atoms with Crippen LogP contribution in [0.4, 0.5) is 10.5 Å². The Bertz CT molecular complexity index is 801. The number of amides is 2. The fourth-order valence-electron chi connectivity index (χ4n) is 2.19. The molecule has 2 amide bonds. The van der Waals surface area contributed by atoms with E-state index < -0.39 is 0 Å². The molecule has 0 spiro atoms. The van der Waals surface area contributed by atoms with Crippen LogP contribution in [0.1, 0.15) is 11.1 Å². The molecule has 24 heavy (non-hydrogen) atoms. The zero-order chi connectivity index (χ0) is 17.1. The molecule has 122 valence electrons. The summed E-state index contributed by atoms with van der Waals surface area (Å²) in [7, 11) is 0. The maximum atomic E-state index is 12.4. The summed E-state index contributed by atoms with van der Waals surface area (Å²) in [4.78, 5) is 26.2. The van der Waals surface area contributed by atoms with Crippen LogP contribution in [0.25, 0.3) is 6.08 Å². The number of nitrogens with one attached hydrogen (secondary N) is 1. The molecule has 0 atom stereocenters. The Morgan fingerprint density at radius 1 is 1.08 bits per heavy atom. The summed E-state index contributed by atoms with van der Waals surface area (Å²) in [6.07, 6.45) is 1.75. The SMILES string of the molecule is Cc1ccc(/C=C2/SC(=O)N(CNc3ccc(Br)cc3)C2=O)cc1. The number of rotatable bonds is 4. The van der Waals surface area contributed by atoms with Crippen LogP contribution in [0.3, 0.4) is 0 Å². The van der Waals surface area contributed by atoms with Crippen molar-refractivity contribution < 1.29 is 9.59 Å². The number of aryl methyl sites for hydroxylation is 1. The minimum atomic E-state index is -0.268. The molecule has 6 heteroatoms. The Hall–Kier alpha value is -2.05. The molecule has 1 heterocycles. The van der Waals surface area contributed by atoms with Crippen molar-refractivity contribution in [3.63, 3.8) is 0 Å². The van der Waals surface area contributed by atoms with Gasteiger partial charge in [-0.3, -0.25) is 14.5 Å². The summed E-state index contributed by atoms with van der Waals surface area (Å²) in [5, 5.41) is 2.83. The smallest absolute Gasteiger partial charge is 0.295 e. The van der Waals surface area contributed by atoms with Crippen molar-refractivity contribution in [2.75, 3.05) is 12.0 Å². The van der Waals surface area contributed by atoms with Crippen molar-refractivity contribution in [2.24, 2.45) is 0 Å². The van der Waals surface area contributed by atoms with E-state index in [1.165, 1.54) is 4.90 Å². The Morgan fingerprint density at radius 2 is 1.75 bits per heavy atom. The predicted octanol–water partition coefficient (Wildman–Crippen LogP) is 4.86. The number of halogens is 1. The van der Waals surface area contributed by atoms with E-state index in [0.29, 0.717) is 4.91 Å². The maximum absolute atomic E-state index is 12.4. The molecule has 1 aliphatic heterocycles. The molecule has 1 saturated heterocycles. The van der Waals surface area contributed by atoms with Gasteiger partial charge in [0, 0.05) is 10.2 Å². The van der Waals surface area contributed by atoms with Gasteiger partial charge in [-0.15, -0.1) is 0 Å². The first-order valence-corrected chi connectivity index (χ1v) is 8.95. The Balaban J connectivity index is 1.69. The normalized spacial score (nSPS) is 16.1. The quantitative estimate of drug-likeness (QED) is 0.741. The predicted molar refractivity (Wildman–Crippen MR) is 102 cm³/mol. The van der Waals surface area contributed by atoms with Gasteiger partial charge in [0.2, 0.25) is 0 Å². The molecule has 1 N–H and O–H groups in total. The molecule has 0 aliphatic carbocycles. The fourth-order valence-corrected chi connectivity index (χ4v) is 3.29. The van der Waals surface area contributed by atoms with E-state index in [-0.39, 0.29) is 17.8 Å². The fraction of sp³-hybridized carbons (Fsp3) is 0.111. The molecule has 2 aromatic carbocycles. The van der Waals surface area contributed by atoms with E-state index in [9.17, 15) is 9.59 Å². The van der Waals surface area contributed by atoms with Crippen LogP contribution < -0.4 is 5.32 Å². The lowest BCUT2D eigenvalue weighted by molar-refractivity contribution is -0.122. The maximum Gasteiger partial charge on any atom is 0.295 e. The summed E-state index contributed by atoms with van der Waals surface area (Å²) in [6.45, 7) is 2.16. The van der Waals surface area contributed by atoms with Gasteiger partial charge in [0.1, 0.15) is 0 Å². The molecule has 0 bridgehead atoms. The third-order valence-corrected chi connectivity index (χ3v) is 4.97. The summed E-state index contributed by atoms with van der Waals surface area (Å²) in [6, 6.07) is 15.4. The van der Waals surface area contributed by atoms with E-state index in [1.54, 1.807) is 6.08 Å². The first-order valence-electron chi connectivity index (χ1n) is 7.34. The monoisotopic (exact) mass is 402 g/mol. The molecule has 2 aromatic rings. The summed E-state index contributed by atoms with van der Waals surface area (Å²) >= 11 is 4.34. The lowest BCUT2D eigenvalue weighted by Gasteiger charge is -2.14. The van der Waals surface area contributed by atoms with Crippen molar-refractivity contribution >= 4 is 50.6 Å². The largest absolute Gasteiger partial charge is 0.367 e. The van der Waals surface area contributed by atoms with Gasteiger partial charge in [0.25, 0.3) is 11.1 Å². The van der Waals surface area contributed by atoms with Crippen molar-refractivity contribution in [2.45, 2.75) is 6.92 Å². The minimum absolute atomic E-state index is 0.150.